The van der Waals surface area contributed by atoms with Gasteiger partial charge in [-0.05, 0) is 24.6 Å². The monoisotopic (exact) mass is 206 g/mol. The average Bonchev–Trinajstić information content (AvgIpc) is 2.56. The fraction of sp³-hybridized carbons (Fsp3) is 0.182. The molecule has 14 heavy (non-hydrogen) atoms. The molecular weight excluding hydrogens is 196 g/mol. The first-order valence-corrected chi connectivity index (χ1v) is 4.87. The smallest absolute Gasteiger partial charge is 0.103 e. The van der Waals surface area contributed by atoms with E-state index in [1.165, 1.54) is 5.56 Å². The van der Waals surface area contributed by atoms with Gasteiger partial charge >= 0.3 is 0 Å². The van der Waals surface area contributed by atoms with Crippen LogP contribution in [0.2, 0.25) is 5.02 Å². The van der Waals surface area contributed by atoms with Crippen molar-refractivity contribution in [2.24, 2.45) is 0 Å². The third-order valence-electron chi connectivity index (χ3n) is 2.06. The predicted octanol–water partition coefficient (Wildman–Crippen LogP) is 2.96. The molecule has 2 rings (SSSR count). The Kier molecular flexibility index (Phi) is 2.55. The van der Waals surface area contributed by atoms with E-state index in [0.717, 1.165) is 23.0 Å². The number of aryl methyl sites for hydroxylation is 1. The number of benzene rings is 1. The van der Waals surface area contributed by atoms with Crippen molar-refractivity contribution < 1.29 is 0 Å². The topological polar surface area (TPSA) is 28.7 Å². The van der Waals surface area contributed by atoms with Gasteiger partial charge in [0.05, 0.1) is 5.69 Å². The van der Waals surface area contributed by atoms with Crippen LogP contribution in [-0.4, -0.2) is 9.97 Å². The van der Waals surface area contributed by atoms with Gasteiger partial charge in [-0.25, -0.2) is 4.98 Å². The molecule has 0 fully saturated rings. The molecule has 0 aliphatic carbocycles. The Hall–Kier alpha value is -1.28. The van der Waals surface area contributed by atoms with Crippen LogP contribution in [0.3, 0.4) is 0 Å². The molecule has 0 bridgehead atoms. The summed E-state index contributed by atoms with van der Waals surface area (Å²) in [5, 5.41) is 0.770. The number of halogens is 1. The normalized spacial score (nSPS) is 10.4. The fourth-order valence-electron chi connectivity index (χ4n) is 1.37. The van der Waals surface area contributed by atoms with Gasteiger partial charge in [-0.3, -0.25) is 0 Å². The van der Waals surface area contributed by atoms with Crippen LogP contribution in [0.1, 0.15) is 17.1 Å². The highest BCUT2D eigenvalue weighted by Crippen LogP contribution is 2.12. The van der Waals surface area contributed by atoms with Gasteiger partial charge in [-0.2, -0.15) is 0 Å². The molecule has 0 aliphatic heterocycles. The summed E-state index contributed by atoms with van der Waals surface area (Å²) in [5.74, 6) is 0.953. The van der Waals surface area contributed by atoms with Gasteiger partial charge in [0, 0.05) is 17.6 Å². The van der Waals surface area contributed by atoms with Crippen molar-refractivity contribution in [1.29, 1.82) is 0 Å². The Balaban J connectivity index is 2.15. The molecule has 3 heteroatoms. The van der Waals surface area contributed by atoms with E-state index >= 15 is 0 Å². The second-order valence-corrected chi connectivity index (χ2v) is 3.72. The zero-order chi connectivity index (χ0) is 9.97. The third kappa shape index (κ3) is 2.15. The van der Waals surface area contributed by atoms with Crippen molar-refractivity contribution in [1.82, 2.24) is 9.97 Å². The Morgan fingerprint density at radius 2 is 2.00 bits per heavy atom. The SMILES string of the molecule is Cc1nc(Cc2ccc(Cl)cc2)c[nH]1. The summed E-state index contributed by atoms with van der Waals surface area (Å²) in [5.41, 5.74) is 2.28. The Bertz CT molecular complexity index is 417. The number of nitrogens with one attached hydrogen (secondary N) is 1. The summed E-state index contributed by atoms with van der Waals surface area (Å²) >= 11 is 5.80. The summed E-state index contributed by atoms with van der Waals surface area (Å²) in [6.07, 6.45) is 2.78. The molecule has 0 unspecified atom stereocenters. The van der Waals surface area contributed by atoms with Gasteiger partial charge in [0.15, 0.2) is 0 Å². The van der Waals surface area contributed by atoms with E-state index in [0.29, 0.717) is 0 Å². The summed E-state index contributed by atoms with van der Waals surface area (Å²) in [6, 6.07) is 7.84. The highest BCUT2D eigenvalue weighted by molar-refractivity contribution is 6.30. The molecule has 0 saturated heterocycles. The van der Waals surface area contributed by atoms with Gasteiger partial charge in [0.25, 0.3) is 0 Å². The molecule has 0 atom stereocenters. The lowest BCUT2D eigenvalue weighted by molar-refractivity contribution is 1.07. The first kappa shape index (κ1) is 9.28. The molecule has 0 radical (unpaired) electrons. The van der Waals surface area contributed by atoms with E-state index in [2.05, 4.69) is 9.97 Å². The minimum Gasteiger partial charge on any atom is -0.349 e. The van der Waals surface area contributed by atoms with Crippen molar-refractivity contribution in [3.8, 4) is 0 Å². The molecular formula is C11H11ClN2. The number of hydrogen-bond donors (Lipinski definition) is 1. The second-order valence-electron chi connectivity index (χ2n) is 3.28. The van der Waals surface area contributed by atoms with E-state index in [9.17, 15) is 0 Å². The van der Waals surface area contributed by atoms with Crippen molar-refractivity contribution in [3.63, 3.8) is 0 Å². The zero-order valence-electron chi connectivity index (χ0n) is 7.92. The molecule has 1 aromatic heterocycles. The van der Waals surface area contributed by atoms with Crippen LogP contribution in [0.25, 0.3) is 0 Å². The Morgan fingerprint density at radius 1 is 1.29 bits per heavy atom. The minimum atomic E-state index is 0.770. The van der Waals surface area contributed by atoms with Crippen LogP contribution < -0.4 is 0 Å². The van der Waals surface area contributed by atoms with E-state index < -0.39 is 0 Å². The van der Waals surface area contributed by atoms with Crippen LogP contribution in [0.4, 0.5) is 0 Å². The lowest BCUT2D eigenvalue weighted by atomic mass is 10.1. The van der Waals surface area contributed by atoms with Crippen LogP contribution in [0.15, 0.2) is 30.5 Å². The van der Waals surface area contributed by atoms with Crippen LogP contribution >= 0.6 is 11.6 Å². The molecule has 0 aliphatic rings. The second kappa shape index (κ2) is 3.84. The summed E-state index contributed by atoms with van der Waals surface area (Å²) in [6.45, 7) is 1.95. The maximum Gasteiger partial charge on any atom is 0.103 e. The van der Waals surface area contributed by atoms with Gasteiger partial charge in [-0.15, -0.1) is 0 Å². The Labute approximate surface area is 88.0 Å². The first-order chi connectivity index (χ1) is 6.74. The minimum absolute atomic E-state index is 0.770. The van der Waals surface area contributed by atoms with Crippen LogP contribution in [-0.2, 0) is 6.42 Å². The predicted molar refractivity (Wildman–Crippen MR) is 57.6 cm³/mol. The zero-order valence-corrected chi connectivity index (χ0v) is 8.67. The number of hydrogen-bond acceptors (Lipinski definition) is 1. The first-order valence-electron chi connectivity index (χ1n) is 4.49. The number of aromatic amines is 1. The lowest BCUT2D eigenvalue weighted by Crippen LogP contribution is -1.87. The Morgan fingerprint density at radius 3 is 2.57 bits per heavy atom. The number of rotatable bonds is 2. The van der Waals surface area contributed by atoms with E-state index in [1.54, 1.807) is 0 Å². The molecule has 2 nitrogen and oxygen atoms in total. The molecule has 1 heterocycles. The summed E-state index contributed by atoms with van der Waals surface area (Å²) in [4.78, 5) is 7.40. The van der Waals surface area contributed by atoms with Crippen molar-refractivity contribution >= 4 is 11.6 Å². The van der Waals surface area contributed by atoms with Gasteiger partial charge in [-0.1, -0.05) is 23.7 Å². The lowest BCUT2D eigenvalue weighted by Gasteiger charge is -1.97. The van der Waals surface area contributed by atoms with E-state index in [4.69, 9.17) is 11.6 Å². The molecule has 1 N–H and O–H groups in total. The molecule has 1 aromatic carbocycles. The number of imidazole rings is 1. The van der Waals surface area contributed by atoms with Gasteiger partial charge < -0.3 is 4.98 Å². The molecule has 0 spiro atoms. The highest BCUT2D eigenvalue weighted by Gasteiger charge is 1.99. The highest BCUT2D eigenvalue weighted by atomic mass is 35.5. The van der Waals surface area contributed by atoms with Gasteiger partial charge in [0.2, 0.25) is 0 Å². The molecule has 0 amide bonds. The van der Waals surface area contributed by atoms with Crippen molar-refractivity contribution in [2.45, 2.75) is 13.3 Å². The van der Waals surface area contributed by atoms with Crippen LogP contribution in [0.5, 0.6) is 0 Å². The molecule has 0 saturated carbocycles. The largest absolute Gasteiger partial charge is 0.349 e. The third-order valence-corrected chi connectivity index (χ3v) is 2.31. The maximum absolute atomic E-state index is 5.80. The van der Waals surface area contributed by atoms with Crippen molar-refractivity contribution in [3.05, 3.63) is 52.6 Å². The fourth-order valence-corrected chi connectivity index (χ4v) is 1.50. The summed E-state index contributed by atoms with van der Waals surface area (Å²) in [7, 11) is 0. The van der Waals surface area contributed by atoms with Gasteiger partial charge in [0.1, 0.15) is 5.82 Å². The maximum atomic E-state index is 5.80. The molecule has 72 valence electrons. The van der Waals surface area contributed by atoms with Crippen LogP contribution in [0, 0.1) is 6.92 Å². The standard InChI is InChI=1S/C11H11ClN2/c1-8-13-7-11(14-8)6-9-2-4-10(12)5-3-9/h2-5,7H,6H2,1H3,(H,13,14). The molecule has 2 aromatic rings. The quantitative estimate of drug-likeness (QED) is 0.804. The number of H-pyrrole nitrogens is 1. The average molecular weight is 207 g/mol. The number of aromatic nitrogens is 2. The summed E-state index contributed by atoms with van der Waals surface area (Å²) < 4.78 is 0. The van der Waals surface area contributed by atoms with Crippen molar-refractivity contribution in [2.75, 3.05) is 0 Å². The van der Waals surface area contributed by atoms with E-state index in [-0.39, 0.29) is 0 Å². The van der Waals surface area contributed by atoms with E-state index in [1.807, 2.05) is 37.4 Å². The number of nitrogens with zero attached hydrogens (tertiary/aromatic N) is 1.